The lowest BCUT2D eigenvalue weighted by molar-refractivity contribution is -0.155. The topological polar surface area (TPSA) is 81.7 Å². The maximum Gasteiger partial charge on any atom is 0.312 e. The van der Waals surface area contributed by atoms with E-state index in [0.29, 0.717) is 31.2 Å². The molecule has 0 aromatic heterocycles. The summed E-state index contributed by atoms with van der Waals surface area (Å²) in [5.41, 5.74) is 1.08. The fraction of sp³-hybridized carbons (Fsp3) is 0.345. The quantitative estimate of drug-likeness (QED) is 0.365. The predicted molar refractivity (Wildman–Crippen MR) is 141 cm³/mol. The molecule has 9 heteroatoms. The van der Waals surface area contributed by atoms with E-state index < -0.39 is 27.1 Å². The monoisotopic (exact) mass is 543 g/mol. The molecule has 0 bridgehead atoms. The third-order valence-corrected chi connectivity index (χ3v) is 7.76. The molecule has 0 heterocycles. The summed E-state index contributed by atoms with van der Waals surface area (Å²) in [6.07, 6.45) is 3.14. The number of carbonyl (C=O) groups is 1. The SMILES string of the molecule is COC(=O)C1(Cc2ccc(F)c(-c3cccc(F)c3OCc3ccccc3)c2)CCC(NS(C)(=O)=O)CC1. The van der Waals surface area contributed by atoms with Gasteiger partial charge in [0.25, 0.3) is 0 Å². The number of benzene rings is 3. The van der Waals surface area contributed by atoms with Crippen molar-refractivity contribution in [2.75, 3.05) is 13.4 Å². The molecule has 1 aliphatic rings. The molecular weight excluding hydrogens is 512 g/mol. The summed E-state index contributed by atoms with van der Waals surface area (Å²) in [5, 5.41) is 0. The first-order valence-electron chi connectivity index (χ1n) is 12.4. The van der Waals surface area contributed by atoms with Crippen molar-refractivity contribution in [3.63, 3.8) is 0 Å². The second kappa shape index (κ2) is 11.6. The van der Waals surface area contributed by atoms with E-state index in [1.165, 1.54) is 25.3 Å². The van der Waals surface area contributed by atoms with Crippen LogP contribution in [0.15, 0.2) is 66.7 Å². The fourth-order valence-electron chi connectivity index (χ4n) is 5.14. The number of hydrogen-bond acceptors (Lipinski definition) is 5. The van der Waals surface area contributed by atoms with Crippen LogP contribution in [0.3, 0.4) is 0 Å². The molecule has 1 fully saturated rings. The second-order valence-corrected chi connectivity index (χ2v) is 11.6. The van der Waals surface area contributed by atoms with Gasteiger partial charge in [-0.3, -0.25) is 4.79 Å². The van der Waals surface area contributed by atoms with Crippen molar-refractivity contribution in [2.24, 2.45) is 5.41 Å². The molecule has 6 nitrogen and oxygen atoms in total. The predicted octanol–water partition coefficient (Wildman–Crippen LogP) is 5.40. The molecule has 1 saturated carbocycles. The molecule has 202 valence electrons. The van der Waals surface area contributed by atoms with Crippen LogP contribution in [0, 0.1) is 17.0 Å². The van der Waals surface area contributed by atoms with Gasteiger partial charge in [0.05, 0.1) is 18.8 Å². The molecular formula is C29H31F2NO5S. The van der Waals surface area contributed by atoms with E-state index in [-0.39, 0.29) is 41.9 Å². The zero-order chi connectivity index (χ0) is 27.3. The van der Waals surface area contributed by atoms with Crippen LogP contribution < -0.4 is 9.46 Å². The van der Waals surface area contributed by atoms with Gasteiger partial charge in [-0.05, 0) is 61.4 Å². The Bertz CT molecular complexity index is 1390. The van der Waals surface area contributed by atoms with E-state index in [9.17, 15) is 17.6 Å². The van der Waals surface area contributed by atoms with Crippen LogP contribution in [0.25, 0.3) is 11.1 Å². The molecule has 1 aliphatic carbocycles. The fourth-order valence-corrected chi connectivity index (χ4v) is 5.98. The Kier molecular flexibility index (Phi) is 8.47. The zero-order valence-corrected chi connectivity index (χ0v) is 22.2. The smallest absolute Gasteiger partial charge is 0.312 e. The summed E-state index contributed by atoms with van der Waals surface area (Å²) >= 11 is 0. The molecule has 0 saturated heterocycles. The molecule has 1 N–H and O–H groups in total. The third-order valence-electron chi connectivity index (χ3n) is 7.00. The summed E-state index contributed by atoms with van der Waals surface area (Å²) < 4.78 is 66.8. The highest BCUT2D eigenvalue weighted by Gasteiger charge is 2.43. The maximum absolute atomic E-state index is 15.1. The van der Waals surface area contributed by atoms with Crippen molar-refractivity contribution < 1.29 is 31.5 Å². The van der Waals surface area contributed by atoms with Crippen molar-refractivity contribution in [3.05, 3.63) is 89.5 Å². The van der Waals surface area contributed by atoms with Crippen molar-refractivity contribution >= 4 is 16.0 Å². The number of nitrogens with one attached hydrogen (secondary N) is 1. The lowest BCUT2D eigenvalue weighted by Crippen LogP contribution is -2.44. The van der Waals surface area contributed by atoms with Gasteiger partial charge in [0.2, 0.25) is 10.0 Å². The Morgan fingerprint density at radius 1 is 0.947 bits per heavy atom. The zero-order valence-electron chi connectivity index (χ0n) is 21.4. The molecule has 3 aromatic rings. The van der Waals surface area contributed by atoms with Gasteiger partial charge in [0, 0.05) is 17.2 Å². The molecule has 0 radical (unpaired) electrons. The first-order valence-corrected chi connectivity index (χ1v) is 14.3. The molecule has 0 unspecified atom stereocenters. The summed E-state index contributed by atoms with van der Waals surface area (Å²) in [6, 6.07) is 17.9. The van der Waals surface area contributed by atoms with Crippen molar-refractivity contribution in [1.29, 1.82) is 0 Å². The molecule has 3 aromatic carbocycles. The van der Waals surface area contributed by atoms with Crippen LogP contribution in [0.2, 0.25) is 0 Å². The van der Waals surface area contributed by atoms with Crippen molar-refractivity contribution in [2.45, 2.75) is 44.8 Å². The van der Waals surface area contributed by atoms with E-state index in [4.69, 9.17) is 9.47 Å². The Balaban J connectivity index is 1.61. The minimum absolute atomic E-state index is 0.0533. The number of ether oxygens (including phenoxy) is 2. The van der Waals surface area contributed by atoms with Gasteiger partial charge < -0.3 is 9.47 Å². The molecule has 0 aliphatic heterocycles. The lowest BCUT2D eigenvalue weighted by atomic mass is 9.69. The van der Waals surface area contributed by atoms with Crippen molar-refractivity contribution in [1.82, 2.24) is 4.72 Å². The molecule has 38 heavy (non-hydrogen) atoms. The number of sulfonamides is 1. The van der Waals surface area contributed by atoms with Crippen LogP contribution in [0.1, 0.15) is 36.8 Å². The normalized spacial score (nSPS) is 19.6. The first kappa shape index (κ1) is 27.7. The molecule has 4 rings (SSSR count). The highest BCUT2D eigenvalue weighted by molar-refractivity contribution is 7.88. The highest BCUT2D eigenvalue weighted by atomic mass is 32.2. The van der Waals surface area contributed by atoms with Gasteiger partial charge >= 0.3 is 5.97 Å². The Hall–Kier alpha value is -3.30. The standard InChI is InChI=1S/C29H31F2NO5S/c1-36-28(33)29(15-13-22(14-16-29)32-38(2,34)35)18-21-11-12-25(30)24(17-21)23-9-6-10-26(31)27(23)37-19-20-7-4-3-5-8-20/h3-12,17,22,32H,13-16,18-19H2,1-2H3. The van der Waals surface area contributed by atoms with Gasteiger partial charge in [-0.25, -0.2) is 21.9 Å². The first-order chi connectivity index (χ1) is 18.1. The van der Waals surface area contributed by atoms with E-state index in [2.05, 4.69) is 4.72 Å². The highest BCUT2D eigenvalue weighted by Crippen LogP contribution is 2.42. The number of rotatable bonds is 9. The molecule has 0 atom stereocenters. The second-order valence-electron chi connectivity index (χ2n) is 9.82. The minimum Gasteiger partial charge on any atom is -0.485 e. The van der Waals surface area contributed by atoms with E-state index >= 15 is 4.39 Å². The van der Waals surface area contributed by atoms with Gasteiger partial charge in [-0.2, -0.15) is 0 Å². The van der Waals surface area contributed by atoms with Gasteiger partial charge in [-0.1, -0.05) is 48.5 Å². The minimum atomic E-state index is -3.37. The lowest BCUT2D eigenvalue weighted by Gasteiger charge is -2.38. The van der Waals surface area contributed by atoms with Gasteiger partial charge in [0.15, 0.2) is 11.6 Å². The van der Waals surface area contributed by atoms with Gasteiger partial charge in [0.1, 0.15) is 12.4 Å². The Morgan fingerprint density at radius 2 is 1.66 bits per heavy atom. The number of halogens is 2. The average Bonchev–Trinajstić information content (AvgIpc) is 2.89. The van der Waals surface area contributed by atoms with Crippen LogP contribution in [0.5, 0.6) is 5.75 Å². The Morgan fingerprint density at radius 3 is 2.32 bits per heavy atom. The summed E-state index contributed by atoms with van der Waals surface area (Å²) in [4.78, 5) is 12.9. The largest absolute Gasteiger partial charge is 0.485 e. The van der Waals surface area contributed by atoms with E-state index in [1.54, 1.807) is 18.2 Å². The van der Waals surface area contributed by atoms with Crippen LogP contribution in [-0.4, -0.2) is 33.8 Å². The molecule has 0 spiro atoms. The van der Waals surface area contributed by atoms with E-state index in [0.717, 1.165) is 11.8 Å². The van der Waals surface area contributed by atoms with Crippen LogP contribution in [-0.2, 0) is 32.6 Å². The number of esters is 1. The molecule has 0 amide bonds. The number of hydrogen-bond donors (Lipinski definition) is 1. The maximum atomic E-state index is 15.1. The third kappa shape index (κ3) is 6.57. The Labute approximate surface area is 222 Å². The van der Waals surface area contributed by atoms with Crippen LogP contribution >= 0.6 is 0 Å². The number of methoxy groups -OCH3 is 1. The van der Waals surface area contributed by atoms with Crippen molar-refractivity contribution in [3.8, 4) is 16.9 Å². The summed E-state index contributed by atoms with van der Waals surface area (Å²) in [7, 11) is -2.04. The average molecular weight is 544 g/mol. The summed E-state index contributed by atoms with van der Waals surface area (Å²) in [6.45, 7) is 0.115. The number of para-hydroxylation sites is 1. The van der Waals surface area contributed by atoms with Gasteiger partial charge in [-0.15, -0.1) is 0 Å². The summed E-state index contributed by atoms with van der Waals surface area (Å²) in [5.74, 6) is -1.59. The van der Waals surface area contributed by atoms with E-state index in [1.807, 2.05) is 30.3 Å². The number of carbonyl (C=O) groups excluding carboxylic acids is 1. The van der Waals surface area contributed by atoms with Crippen LogP contribution in [0.4, 0.5) is 8.78 Å².